The van der Waals surface area contributed by atoms with Gasteiger partial charge in [-0.1, -0.05) is 18.2 Å². The largest absolute Gasteiger partial charge is 0.242 e. The molecule has 0 amide bonds. The Balaban J connectivity index is 2.52. The number of hydrogen-bond acceptors (Lipinski definition) is 0. The van der Waals surface area contributed by atoms with Crippen molar-refractivity contribution in [3.05, 3.63) is 34.9 Å². The summed E-state index contributed by atoms with van der Waals surface area (Å²) in [5, 5.41) is 0. The zero-order valence-electron chi connectivity index (χ0n) is 7.31. The summed E-state index contributed by atoms with van der Waals surface area (Å²) in [4.78, 5) is 0. The van der Waals surface area contributed by atoms with Crippen molar-refractivity contribution < 1.29 is 4.39 Å². The van der Waals surface area contributed by atoms with Crippen LogP contribution in [0.25, 0.3) is 0 Å². The Morgan fingerprint density at radius 2 is 2.25 bits per heavy atom. The van der Waals surface area contributed by atoms with E-state index in [2.05, 4.69) is 13.0 Å². The van der Waals surface area contributed by atoms with Gasteiger partial charge in [0, 0.05) is 0 Å². The van der Waals surface area contributed by atoms with E-state index in [4.69, 9.17) is 0 Å². The highest BCUT2D eigenvalue weighted by Crippen LogP contribution is 2.33. The molecule has 1 aliphatic rings. The number of alkyl halides is 1. The van der Waals surface area contributed by atoms with Gasteiger partial charge in [0.1, 0.15) is 6.17 Å². The highest BCUT2D eigenvalue weighted by atomic mass is 19.1. The maximum absolute atomic E-state index is 13.4. The van der Waals surface area contributed by atoms with E-state index in [0.717, 1.165) is 18.4 Å². The molecule has 1 aromatic rings. The van der Waals surface area contributed by atoms with Crippen LogP contribution in [0, 0.1) is 6.92 Å². The van der Waals surface area contributed by atoms with Crippen LogP contribution < -0.4 is 0 Å². The van der Waals surface area contributed by atoms with E-state index in [1.54, 1.807) is 0 Å². The summed E-state index contributed by atoms with van der Waals surface area (Å²) >= 11 is 0. The van der Waals surface area contributed by atoms with Gasteiger partial charge in [-0.15, -0.1) is 0 Å². The molecule has 1 atom stereocenters. The minimum atomic E-state index is -0.714. The van der Waals surface area contributed by atoms with Crippen LogP contribution in [0.3, 0.4) is 0 Å². The lowest BCUT2D eigenvalue weighted by molar-refractivity contribution is 0.302. The third kappa shape index (κ3) is 1.13. The van der Waals surface area contributed by atoms with Crippen molar-refractivity contribution in [1.29, 1.82) is 0 Å². The fourth-order valence-corrected chi connectivity index (χ4v) is 1.97. The maximum atomic E-state index is 13.4. The predicted octanol–water partition coefficient (Wildman–Crippen LogP) is 3.34. The molecule has 0 N–H and O–H groups in total. The van der Waals surface area contributed by atoms with Gasteiger partial charge in [-0.2, -0.15) is 0 Å². The van der Waals surface area contributed by atoms with E-state index in [1.807, 2.05) is 12.1 Å². The second kappa shape index (κ2) is 2.89. The van der Waals surface area contributed by atoms with Crippen LogP contribution in [0.15, 0.2) is 18.2 Å². The molecule has 0 aromatic heterocycles. The van der Waals surface area contributed by atoms with Crippen molar-refractivity contribution in [1.82, 2.24) is 0 Å². The maximum Gasteiger partial charge on any atom is 0.125 e. The average molecular weight is 164 g/mol. The molecule has 1 aromatic carbocycles. The molecule has 0 bridgehead atoms. The molecule has 0 radical (unpaired) electrons. The Bertz CT molecular complexity index is 291. The molecule has 12 heavy (non-hydrogen) atoms. The van der Waals surface area contributed by atoms with Crippen molar-refractivity contribution in [2.45, 2.75) is 32.4 Å². The van der Waals surface area contributed by atoms with Gasteiger partial charge in [-0.25, -0.2) is 4.39 Å². The summed E-state index contributed by atoms with van der Waals surface area (Å²) in [5.41, 5.74) is 3.42. The quantitative estimate of drug-likeness (QED) is 0.551. The van der Waals surface area contributed by atoms with Gasteiger partial charge in [-0.05, 0) is 42.9 Å². The summed E-state index contributed by atoms with van der Waals surface area (Å²) in [5.74, 6) is 0. The second-order valence-electron chi connectivity index (χ2n) is 3.50. The molecule has 0 heterocycles. The smallest absolute Gasteiger partial charge is 0.125 e. The normalized spacial score (nSPS) is 22.0. The molecule has 0 saturated heterocycles. The lowest BCUT2D eigenvalue weighted by Crippen LogP contribution is -2.07. The van der Waals surface area contributed by atoms with Crippen LogP contribution >= 0.6 is 0 Å². The van der Waals surface area contributed by atoms with Gasteiger partial charge in [0.2, 0.25) is 0 Å². The highest BCUT2D eigenvalue weighted by molar-refractivity contribution is 5.37. The van der Waals surface area contributed by atoms with Crippen molar-refractivity contribution in [2.24, 2.45) is 0 Å². The number of halogens is 1. The zero-order chi connectivity index (χ0) is 8.55. The second-order valence-corrected chi connectivity index (χ2v) is 3.50. The standard InChI is InChI=1S/C11H13F/c1-8-4-2-6-10-9(8)5-3-7-11(10)12/h2,4,6,11H,3,5,7H2,1H3. The fraction of sp³-hybridized carbons (Fsp3) is 0.455. The van der Waals surface area contributed by atoms with Gasteiger partial charge in [-0.3, -0.25) is 0 Å². The monoisotopic (exact) mass is 164 g/mol. The molecule has 0 aliphatic heterocycles. The number of aryl methyl sites for hydroxylation is 1. The topological polar surface area (TPSA) is 0 Å². The number of fused-ring (bicyclic) bond motifs is 1. The molecule has 64 valence electrons. The SMILES string of the molecule is Cc1cccc2c1CCCC2F. The van der Waals surface area contributed by atoms with Gasteiger partial charge < -0.3 is 0 Å². The molecule has 0 spiro atoms. The number of hydrogen-bond donors (Lipinski definition) is 0. The summed E-state index contributed by atoms with van der Waals surface area (Å²) in [6, 6.07) is 5.94. The molecule has 0 fully saturated rings. The van der Waals surface area contributed by atoms with E-state index >= 15 is 0 Å². The molecule has 0 saturated carbocycles. The summed E-state index contributed by atoms with van der Waals surface area (Å²) in [7, 11) is 0. The zero-order valence-corrected chi connectivity index (χ0v) is 7.31. The van der Waals surface area contributed by atoms with E-state index in [1.165, 1.54) is 11.1 Å². The number of rotatable bonds is 0. The third-order valence-electron chi connectivity index (χ3n) is 2.67. The Hall–Kier alpha value is -0.850. The van der Waals surface area contributed by atoms with Crippen LogP contribution in [0.1, 0.15) is 35.7 Å². The Morgan fingerprint density at radius 3 is 3.00 bits per heavy atom. The minimum Gasteiger partial charge on any atom is -0.242 e. The van der Waals surface area contributed by atoms with Crippen LogP contribution in [0.2, 0.25) is 0 Å². The molecular weight excluding hydrogens is 151 g/mol. The summed E-state index contributed by atoms with van der Waals surface area (Å²) < 4.78 is 13.4. The fourth-order valence-electron chi connectivity index (χ4n) is 1.97. The summed E-state index contributed by atoms with van der Waals surface area (Å²) in [6.45, 7) is 2.07. The Labute approximate surface area is 72.4 Å². The van der Waals surface area contributed by atoms with Gasteiger partial charge >= 0.3 is 0 Å². The molecule has 1 unspecified atom stereocenters. The van der Waals surface area contributed by atoms with Gasteiger partial charge in [0.15, 0.2) is 0 Å². The first kappa shape index (κ1) is 7.78. The first-order valence-corrected chi connectivity index (χ1v) is 4.51. The average Bonchev–Trinajstić information content (AvgIpc) is 2.07. The van der Waals surface area contributed by atoms with E-state index in [-0.39, 0.29) is 0 Å². The molecule has 2 rings (SSSR count). The number of benzene rings is 1. The van der Waals surface area contributed by atoms with Gasteiger partial charge in [0.05, 0.1) is 0 Å². The highest BCUT2D eigenvalue weighted by Gasteiger charge is 2.19. The van der Waals surface area contributed by atoms with Crippen LogP contribution in [-0.4, -0.2) is 0 Å². The minimum absolute atomic E-state index is 0.705. The van der Waals surface area contributed by atoms with Crippen molar-refractivity contribution >= 4 is 0 Å². The van der Waals surface area contributed by atoms with Crippen molar-refractivity contribution in [2.75, 3.05) is 0 Å². The first-order valence-electron chi connectivity index (χ1n) is 4.51. The Morgan fingerprint density at radius 1 is 1.42 bits per heavy atom. The van der Waals surface area contributed by atoms with Crippen molar-refractivity contribution in [3.63, 3.8) is 0 Å². The van der Waals surface area contributed by atoms with E-state index in [0.29, 0.717) is 6.42 Å². The van der Waals surface area contributed by atoms with E-state index in [9.17, 15) is 4.39 Å². The van der Waals surface area contributed by atoms with Crippen LogP contribution in [-0.2, 0) is 6.42 Å². The van der Waals surface area contributed by atoms with E-state index < -0.39 is 6.17 Å². The van der Waals surface area contributed by atoms with Crippen LogP contribution in [0.4, 0.5) is 4.39 Å². The summed E-state index contributed by atoms with van der Waals surface area (Å²) in [6.07, 6.45) is 2.05. The third-order valence-corrected chi connectivity index (χ3v) is 2.67. The molecule has 1 aliphatic carbocycles. The molecular formula is C11H13F. The lowest BCUT2D eigenvalue weighted by atomic mass is 9.87. The predicted molar refractivity (Wildman–Crippen MR) is 48.0 cm³/mol. The van der Waals surface area contributed by atoms with Gasteiger partial charge in [0.25, 0.3) is 0 Å². The molecule has 1 heteroatoms. The Kier molecular flexibility index (Phi) is 1.87. The van der Waals surface area contributed by atoms with Crippen LogP contribution in [0.5, 0.6) is 0 Å². The lowest BCUT2D eigenvalue weighted by Gasteiger charge is -2.20. The first-order chi connectivity index (χ1) is 5.79. The molecule has 0 nitrogen and oxygen atoms in total. The van der Waals surface area contributed by atoms with Crippen molar-refractivity contribution in [3.8, 4) is 0 Å².